The van der Waals surface area contributed by atoms with E-state index in [2.05, 4.69) is 21.9 Å². The smallest absolute Gasteiger partial charge is 0.123 e. The molecule has 0 bridgehead atoms. The van der Waals surface area contributed by atoms with Gasteiger partial charge in [-0.25, -0.2) is 9.82 Å². The van der Waals surface area contributed by atoms with Gasteiger partial charge in [-0.3, -0.25) is 5.84 Å². The fourth-order valence-corrected chi connectivity index (χ4v) is 2.88. The van der Waals surface area contributed by atoms with E-state index in [0.29, 0.717) is 0 Å². The Bertz CT molecular complexity index is 535. The Hall–Kier alpha value is -1.37. The highest BCUT2D eigenvalue weighted by Crippen LogP contribution is 2.28. The van der Waals surface area contributed by atoms with Crippen LogP contribution in [0, 0.1) is 12.7 Å². The van der Waals surface area contributed by atoms with Gasteiger partial charge in [0, 0.05) is 0 Å². The number of hydrogen-bond acceptors (Lipinski definition) is 5. The van der Waals surface area contributed by atoms with E-state index in [1.807, 2.05) is 13.0 Å². The Morgan fingerprint density at radius 3 is 2.84 bits per heavy atom. The molecule has 1 aromatic heterocycles. The number of aryl methyl sites for hydroxylation is 2. The molecule has 2 rings (SSSR count). The Labute approximate surface area is 116 Å². The molecule has 102 valence electrons. The van der Waals surface area contributed by atoms with Gasteiger partial charge in [-0.2, -0.15) is 0 Å². The van der Waals surface area contributed by atoms with E-state index in [1.165, 1.54) is 23.7 Å². The fourth-order valence-electron chi connectivity index (χ4n) is 2.10. The second-order valence-electron chi connectivity index (χ2n) is 4.50. The van der Waals surface area contributed by atoms with Gasteiger partial charge in [0.25, 0.3) is 0 Å². The zero-order valence-electron chi connectivity index (χ0n) is 11.0. The van der Waals surface area contributed by atoms with Gasteiger partial charge in [0.2, 0.25) is 0 Å². The molecule has 0 fully saturated rings. The summed E-state index contributed by atoms with van der Waals surface area (Å²) in [5.74, 6) is 5.38. The average Bonchev–Trinajstić information content (AvgIpc) is 2.78. The third kappa shape index (κ3) is 3.15. The second kappa shape index (κ2) is 6.18. The van der Waals surface area contributed by atoms with E-state index in [4.69, 9.17) is 5.84 Å². The number of benzene rings is 1. The predicted molar refractivity (Wildman–Crippen MR) is 74.2 cm³/mol. The summed E-state index contributed by atoms with van der Waals surface area (Å²) >= 11 is 1.30. The van der Waals surface area contributed by atoms with Crippen molar-refractivity contribution < 1.29 is 4.39 Å². The van der Waals surface area contributed by atoms with Crippen LogP contribution in [0.15, 0.2) is 18.2 Å². The maximum absolute atomic E-state index is 13.5. The number of hydrazine groups is 1. The third-order valence-corrected chi connectivity index (χ3v) is 3.73. The number of aromatic nitrogens is 2. The first kappa shape index (κ1) is 14.0. The summed E-state index contributed by atoms with van der Waals surface area (Å²) in [5.41, 5.74) is 5.33. The van der Waals surface area contributed by atoms with E-state index >= 15 is 0 Å². The van der Waals surface area contributed by atoms with Gasteiger partial charge in [0.15, 0.2) is 0 Å². The quantitative estimate of drug-likeness (QED) is 0.652. The van der Waals surface area contributed by atoms with Crippen molar-refractivity contribution >= 4 is 11.5 Å². The Balaban J connectivity index is 2.40. The van der Waals surface area contributed by atoms with E-state index in [0.717, 1.165) is 34.5 Å². The highest BCUT2D eigenvalue weighted by atomic mass is 32.1. The average molecular weight is 280 g/mol. The van der Waals surface area contributed by atoms with Crippen LogP contribution in [0.4, 0.5) is 4.39 Å². The van der Waals surface area contributed by atoms with Gasteiger partial charge in [-0.1, -0.05) is 23.9 Å². The maximum Gasteiger partial charge on any atom is 0.123 e. The van der Waals surface area contributed by atoms with Crippen molar-refractivity contribution in [3.8, 4) is 0 Å². The lowest BCUT2D eigenvalue weighted by molar-refractivity contribution is 0.604. The molecule has 0 spiro atoms. The van der Waals surface area contributed by atoms with Crippen molar-refractivity contribution in [2.45, 2.75) is 32.7 Å². The molecule has 1 atom stereocenters. The van der Waals surface area contributed by atoms with Crippen LogP contribution in [0.5, 0.6) is 0 Å². The van der Waals surface area contributed by atoms with Crippen molar-refractivity contribution in [3.63, 3.8) is 0 Å². The van der Waals surface area contributed by atoms with Crippen LogP contribution in [0.25, 0.3) is 0 Å². The van der Waals surface area contributed by atoms with Gasteiger partial charge in [0.05, 0.1) is 16.6 Å². The van der Waals surface area contributed by atoms with Crippen LogP contribution >= 0.6 is 11.5 Å². The lowest BCUT2D eigenvalue weighted by Gasteiger charge is -2.16. The Morgan fingerprint density at radius 1 is 1.42 bits per heavy atom. The molecule has 1 unspecified atom stereocenters. The molecule has 19 heavy (non-hydrogen) atoms. The monoisotopic (exact) mass is 280 g/mol. The lowest BCUT2D eigenvalue weighted by Crippen LogP contribution is -2.29. The Kier molecular flexibility index (Phi) is 4.57. The molecule has 2 aromatic rings. The van der Waals surface area contributed by atoms with Gasteiger partial charge in [-0.15, -0.1) is 5.10 Å². The first-order valence-corrected chi connectivity index (χ1v) is 6.97. The normalized spacial score (nSPS) is 12.6. The number of nitrogens with one attached hydrogen (secondary N) is 1. The first-order valence-electron chi connectivity index (χ1n) is 6.20. The summed E-state index contributed by atoms with van der Waals surface area (Å²) < 4.78 is 17.5. The van der Waals surface area contributed by atoms with Crippen molar-refractivity contribution in [1.29, 1.82) is 0 Å². The van der Waals surface area contributed by atoms with Gasteiger partial charge >= 0.3 is 0 Å². The van der Waals surface area contributed by atoms with Crippen LogP contribution in [0.1, 0.15) is 41.1 Å². The first-order chi connectivity index (χ1) is 9.15. The number of nitrogens with zero attached hydrogens (tertiary/aromatic N) is 2. The van der Waals surface area contributed by atoms with E-state index in [-0.39, 0.29) is 11.9 Å². The minimum absolute atomic E-state index is 0.259. The molecular formula is C13H17FN4S. The van der Waals surface area contributed by atoms with Crippen LogP contribution in [0.2, 0.25) is 0 Å². The molecular weight excluding hydrogens is 263 g/mol. The number of nitrogens with two attached hydrogens (primary N) is 1. The molecule has 3 N–H and O–H groups in total. The van der Waals surface area contributed by atoms with Crippen molar-refractivity contribution in [3.05, 3.63) is 45.7 Å². The van der Waals surface area contributed by atoms with E-state index in [1.54, 1.807) is 0 Å². The highest BCUT2D eigenvalue weighted by Gasteiger charge is 2.20. The minimum atomic E-state index is -0.268. The van der Waals surface area contributed by atoms with Gasteiger partial charge in [0.1, 0.15) is 5.82 Å². The zero-order valence-corrected chi connectivity index (χ0v) is 11.8. The molecule has 6 heteroatoms. The largest absolute Gasteiger partial charge is 0.271 e. The zero-order chi connectivity index (χ0) is 13.8. The van der Waals surface area contributed by atoms with Crippen LogP contribution in [-0.2, 0) is 6.42 Å². The summed E-state index contributed by atoms with van der Waals surface area (Å²) in [6, 6.07) is 4.64. The number of rotatable bonds is 5. The molecule has 1 aromatic carbocycles. The van der Waals surface area contributed by atoms with E-state index < -0.39 is 0 Å². The number of halogens is 1. The lowest BCUT2D eigenvalue weighted by atomic mass is 10.0. The predicted octanol–water partition coefficient (Wildman–Crippen LogP) is 2.49. The SMILES string of the molecule is CCCc1nnsc1C(NN)c1cc(C)cc(F)c1. The van der Waals surface area contributed by atoms with Gasteiger partial charge in [-0.05, 0) is 48.1 Å². The number of hydrogen-bond donors (Lipinski definition) is 2. The van der Waals surface area contributed by atoms with Crippen molar-refractivity contribution in [1.82, 2.24) is 15.0 Å². The highest BCUT2D eigenvalue weighted by molar-refractivity contribution is 7.05. The summed E-state index contributed by atoms with van der Waals surface area (Å²) in [5, 5.41) is 4.12. The minimum Gasteiger partial charge on any atom is -0.271 e. The third-order valence-electron chi connectivity index (χ3n) is 2.90. The second-order valence-corrected chi connectivity index (χ2v) is 5.28. The molecule has 4 nitrogen and oxygen atoms in total. The van der Waals surface area contributed by atoms with Crippen LogP contribution < -0.4 is 11.3 Å². The molecule has 0 saturated carbocycles. The molecule has 0 amide bonds. The topological polar surface area (TPSA) is 63.8 Å². The van der Waals surface area contributed by atoms with Crippen LogP contribution in [-0.4, -0.2) is 9.59 Å². The molecule has 0 aliphatic rings. The molecule has 1 heterocycles. The molecule has 0 radical (unpaired) electrons. The van der Waals surface area contributed by atoms with E-state index in [9.17, 15) is 4.39 Å². The van der Waals surface area contributed by atoms with Crippen molar-refractivity contribution in [2.24, 2.45) is 5.84 Å². The molecule has 0 saturated heterocycles. The summed E-state index contributed by atoms with van der Waals surface area (Å²) in [6.07, 6.45) is 1.83. The maximum atomic E-state index is 13.5. The summed E-state index contributed by atoms with van der Waals surface area (Å²) in [6.45, 7) is 3.94. The van der Waals surface area contributed by atoms with Crippen molar-refractivity contribution in [2.75, 3.05) is 0 Å². The summed E-state index contributed by atoms with van der Waals surface area (Å²) in [4.78, 5) is 0.953. The Morgan fingerprint density at radius 2 is 2.21 bits per heavy atom. The standard InChI is InChI=1S/C13H17FN4S/c1-3-4-11-13(19-18-17-11)12(16-15)9-5-8(2)6-10(14)7-9/h5-7,12,16H,3-4,15H2,1-2H3. The van der Waals surface area contributed by atoms with Crippen LogP contribution in [0.3, 0.4) is 0 Å². The fraction of sp³-hybridized carbons (Fsp3) is 0.385. The molecule has 0 aliphatic heterocycles. The molecule has 0 aliphatic carbocycles. The van der Waals surface area contributed by atoms with Gasteiger partial charge < -0.3 is 0 Å². The summed E-state index contributed by atoms with van der Waals surface area (Å²) in [7, 11) is 0.